The molecule has 1 fully saturated rings. The lowest BCUT2D eigenvalue weighted by molar-refractivity contribution is -0.140. The number of benzene rings is 2. The molecule has 1 saturated carbocycles. The molecule has 1 aliphatic rings. The van der Waals surface area contributed by atoms with Crippen LogP contribution in [0, 0.1) is 5.92 Å². The van der Waals surface area contributed by atoms with Crippen LogP contribution >= 0.6 is 23.2 Å². The van der Waals surface area contributed by atoms with E-state index < -0.39 is 6.04 Å². The molecule has 0 heterocycles. The number of ether oxygens (including phenoxy) is 2. The molecule has 0 saturated heterocycles. The highest BCUT2D eigenvalue weighted by Crippen LogP contribution is 2.35. The fourth-order valence-electron chi connectivity index (χ4n) is 4.57. The summed E-state index contributed by atoms with van der Waals surface area (Å²) in [6.45, 7) is 6.23. The second kappa shape index (κ2) is 13.2. The number of carbonyl (C=O) groups is 2. The van der Waals surface area contributed by atoms with Gasteiger partial charge in [-0.05, 0) is 74.8 Å². The van der Waals surface area contributed by atoms with E-state index in [0.29, 0.717) is 28.0 Å². The minimum Gasteiger partial charge on any atom is -0.493 e. The molecule has 0 radical (unpaired) electrons. The van der Waals surface area contributed by atoms with Crippen molar-refractivity contribution in [3.63, 3.8) is 0 Å². The molecule has 1 N–H and O–H groups in total. The molecule has 0 spiro atoms. The topological polar surface area (TPSA) is 67.9 Å². The highest BCUT2D eigenvalue weighted by atomic mass is 35.5. The van der Waals surface area contributed by atoms with Gasteiger partial charge in [-0.25, -0.2) is 0 Å². The number of amides is 2. The molecule has 196 valence electrons. The zero-order valence-electron chi connectivity index (χ0n) is 21.4. The van der Waals surface area contributed by atoms with Crippen LogP contribution in [-0.2, 0) is 16.1 Å². The number of alkyl halides is 1. The molecule has 2 amide bonds. The van der Waals surface area contributed by atoms with Gasteiger partial charge in [0.05, 0.1) is 13.2 Å². The van der Waals surface area contributed by atoms with Crippen molar-refractivity contribution < 1.29 is 19.1 Å². The summed E-state index contributed by atoms with van der Waals surface area (Å²) >= 11 is 12.5. The molecule has 1 atom stereocenters. The van der Waals surface area contributed by atoms with Gasteiger partial charge in [0.15, 0.2) is 11.5 Å². The number of halogens is 2. The minimum absolute atomic E-state index is 0.0490. The van der Waals surface area contributed by atoms with E-state index in [1.54, 1.807) is 31.4 Å². The minimum atomic E-state index is -0.922. The molecule has 36 heavy (non-hydrogen) atoms. The Morgan fingerprint density at radius 3 is 2.39 bits per heavy atom. The Kier molecular flexibility index (Phi) is 10.3. The Morgan fingerprint density at radius 2 is 1.78 bits per heavy atom. The maximum atomic E-state index is 13.8. The van der Waals surface area contributed by atoms with E-state index in [1.165, 1.54) is 4.90 Å². The summed E-state index contributed by atoms with van der Waals surface area (Å²) in [7, 11) is 1.55. The maximum Gasteiger partial charge on any atom is 0.247 e. The van der Waals surface area contributed by atoms with Crippen LogP contribution in [0.15, 0.2) is 42.5 Å². The highest BCUT2D eigenvalue weighted by Gasteiger charge is 2.34. The van der Waals surface area contributed by atoms with Gasteiger partial charge in [-0.1, -0.05) is 42.8 Å². The summed E-state index contributed by atoms with van der Waals surface area (Å²) in [6, 6.07) is 11.8. The lowest BCUT2D eigenvalue weighted by Gasteiger charge is -2.34. The molecule has 3 rings (SSSR count). The van der Waals surface area contributed by atoms with E-state index in [2.05, 4.69) is 12.2 Å². The van der Waals surface area contributed by atoms with Crippen LogP contribution < -0.4 is 14.8 Å². The number of rotatable bonds is 10. The lowest BCUT2D eigenvalue weighted by Crippen LogP contribution is -2.47. The van der Waals surface area contributed by atoms with Crippen LogP contribution in [-0.4, -0.2) is 41.8 Å². The van der Waals surface area contributed by atoms with Crippen molar-refractivity contribution in [3.05, 3.63) is 58.6 Å². The Morgan fingerprint density at radius 1 is 1.08 bits per heavy atom. The van der Waals surface area contributed by atoms with Gasteiger partial charge in [-0.15, -0.1) is 11.6 Å². The van der Waals surface area contributed by atoms with Gasteiger partial charge in [0.2, 0.25) is 11.8 Å². The molecule has 0 unspecified atom stereocenters. The Balaban J connectivity index is 2.02. The first-order chi connectivity index (χ1) is 17.2. The summed E-state index contributed by atoms with van der Waals surface area (Å²) in [5.41, 5.74) is 1.34. The van der Waals surface area contributed by atoms with Crippen LogP contribution in [0.4, 0.5) is 0 Å². The molecular formula is C28H36Cl2N2O4. The molecular weight excluding hydrogens is 499 g/mol. The van der Waals surface area contributed by atoms with Gasteiger partial charge in [0.1, 0.15) is 11.9 Å². The fourth-order valence-corrected chi connectivity index (χ4v) is 4.92. The van der Waals surface area contributed by atoms with E-state index in [0.717, 1.165) is 31.2 Å². The molecule has 6 nitrogen and oxygen atoms in total. The Hall–Kier alpha value is -2.44. The summed E-state index contributed by atoms with van der Waals surface area (Å²) in [5, 5.41) is 3.72. The number of nitrogens with one attached hydrogen (secondary N) is 1. The molecule has 1 aliphatic carbocycles. The van der Waals surface area contributed by atoms with Crippen LogP contribution in [0.2, 0.25) is 5.02 Å². The van der Waals surface area contributed by atoms with Gasteiger partial charge >= 0.3 is 0 Å². The highest BCUT2D eigenvalue weighted by molar-refractivity contribution is 6.31. The molecule has 0 aliphatic heterocycles. The average Bonchev–Trinajstić information content (AvgIpc) is 2.86. The maximum absolute atomic E-state index is 13.8. The zero-order chi connectivity index (χ0) is 26.2. The second-order valence-electron chi connectivity index (χ2n) is 9.69. The summed E-state index contributed by atoms with van der Waals surface area (Å²) in [5.74, 6) is 0.830. The largest absolute Gasteiger partial charge is 0.493 e. The molecule has 0 bridgehead atoms. The molecule has 2 aromatic rings. The van der Waals surface area contributed by atoms with Crippen molar-refractivity contribution in [2.75, 3.05) is 13.0 Å². The van der Waals surface area contributed by atoms with E-state index in [-0.39, 0.29) is 36.4 Å². The van der Waals surface area contributed by atoms with Gasteiger partial charge < -0.3 is 19.7 Å². The predicted molar refractivity (Wildman–Crippen MR) is 144 cm³/mol. The smallest absolute Gasteiger partial charge is 0.247 e. The Bertz CT molecular complexity index is 1040. The zero-order valence-corrected chi connectivity index (χ0v) is 22.9. The van der Waals surface area contributed by atoms with Crippen molar-refractivity contribution in [1.82, 2.24) is 10.2 Å². The third-order valence-electron chi connectivity index (χ3n) is 6.52. The van der Waals surface area contributed by atoms with Crippen molar-refractivity contribution in [3.8, 4) is 11.5 Å². The number of hydrogen-bond acceptors (Lipinski definition) is 4. The summed E-state index contributed by atoms with van der Waals surface area (Å²) in [4.78, 5) is 28.5. The van der Waals surface area contributed by atoms with E-state index in [1.807, 2.05) is 32.0 Å². The molecule has 0 aromatic heterocycles. The van der Waals surface area contributed by atoms with Crippen LogP contribution in [0.25, 0.3) is 0 Å². The second-order valence-corrected chi connectivity index (χ2v) is 10.4. The Labute approximate surface area is 224 Å². The van der Waals surface area contributed by atoms with E-state index in [4.69, 9.17) is 32.7 Å². The third-order valence-corrected chi connectivity index (χ3v) is 7.12. The van der Waals surface area contributed by atoms with Gasteiger partial charge in [-0.3, -0.25) is 9.59 Å². The summed E-state index contributed by atoms with van der Waals surface area (Å²) < 4.78 is 11.4. The van der Waals surface area contributed by atoms with Crippen molar-refractivity contribution in [2.45, 2.75) is 71.2 Å². The van der Waals surface area contributed by atoms with Gasteiger partial charge in [0.25, 0.3) is 0 Å². The standard InChI is InChI=1S/C28H36Cl2N2O4/c1-18(2)36-24-14-11-20(15-25(24)35-4)27(28(34)31-22-12-9-19(3)10-13-22)32(26(33)16-29)17-21-7-5-6-8-23(21)30/h5-8,11,14-15,18-19,22,27H,9-10,12-13,16-17H2,1-4H3,(H,31,34)/t19?,22?,27-/m1/s1. The predicted octanol–water partition coefficient (Wildman–Crippen LogP) is 6.14. The molecule has 8 heteroatoms. The van der Waals surface area contributed by atoms with Crippen molar-refractivity contribution >= 4 is 35.0 Å². The molecule has 2 aromatic carbocycles. The van der Waals surface area contributed by atoms with E-state index >= 15 is 0 Å². The normalized spacial score (nSPS) is 18.4. The summed E-state index contributed by atoms with van der Waals surface area (Å²) in [6.07, 6.45) is 3.91. The van der Waals surface area contributed by atoms with Gasteiger partial charge in [0, 0.05) is 17.6 Å². The fraction of sp³-hybridized carbons (Fsp3) is 0.500. The number of carbonyl (C=O) groups excluding carboxylic acids is 2. The quantitative estimate of drug-likeness (QED) is 0.371. The SMILES string of the molecule is COc1cc([C@H](C(=O)NC2CCC(C)CC2)N(Cc2ccccc2Cl)C(=O)CCl)ccc1OC(C)C. The first-order valence-electron chi connectivity index (χ1n) is 12.5. The van der Waals surface area contributed by atoms with Crippen LogP contribution in [0.3, 0.4) is 0 Å². The van der Waals surface area contributed by atoms with Crippen LogP contribution in [0.5, 0.6) is 11.5 Å². The average molecular weight is 536 g/mol. The van der Waals surface area contributed by atoms with Gasteiger partial charge in [-0.2, -0.15) is 0 Å². The first kappa shape index (κ1) is 28.1. The third kappa shape index (κ3) is 7.30. The lowest BCUT2D eigenvalue weighted by atomic mass is 9.87. The number of nitrogens with zero attached hydrogens (tertiary/aromatic N) is 1. The first-order valence-corrected chi connectivity index (χ1v) is 13.4. The number of methoxy groups -OCH3 is 1. The van der Waals surface area contributed by atoms with Crippen molar-refractivity contribution in [1.29, 1.82) is 0 Å². The van der Waals surface area contributed by atoms with Crippen molar-refractivity contribution in [2.24, 2.45) is 5.92 Å². The van der Waals surface area contributed by atoms with E-state index in [9.17, 15) is 9.59 Å². The monoisotopic (exact) mass is 534 g/mol. The van der Waals surface area contributed by atoms with Crippen LogP contribution in [0.1, 0.15) is 63.6 Å². The number of hydrogen-bond donors (Lipinski definition) is 1.